The van der Waals surface area contributed by atoms with Crippen molar-refractivity contribution in [3.63, 3.8) is 0 Å². The summed E-state index contributed by atoms with van der Waals surface area (Å²) < 4.78 is 5.88. The van der Waals surface area contributed by atoms with E-state index in [9.17, 15) is 0 Å². The maximum Gasteiger partial charge on any atom is 0.171 e. The van der Waals surface area contributed by atoms with E-state index in [-0.39, 0.29) is 0 Å². The standard InChI is InChI=1S/C7H5ClIN3O/c1-13-4-2-3-5(10-6(4)8)7(9)12-11-3/h2H,1H3,(H,11,12). The summed E-state index contributed by atoms with van der Waals surface area (Å²) in [4.78, 5) is 4.15. The normalized spacial score (nSPS) is 10.7. The third kappa shape index (κ3) is 1.46. The molecule has 0 aliphatic rings. The van der Waals surface area contributed by atoms with Crippen molar-refractivity contribution >= 4 is 45.2 Å². The lowest BCUT2D eigenvalue weighted by molar-refractivity contribution is 0.414. The van der Waals surface area contributed by atoms with E-state index in [0.717, 1.165) is 14.7 Å². The summed E-state index contributed by atoms with van der Waals surface area (Å²) in [5.74, 6) is 0.539. The van der Waals surface area contributed by atoms with Crippen LogP contribution < -0.4 is 4.74 Å². The first kappa shape index (κ1) is 9.01. The van der Waals surface area contributed by atoms with Gasteiger partial charge in [0, 0.05) is 6.07 Å². The number of hydrogen-bond acceptors (Lipinski definition) is 3. The first-order valence-corrected chi connectivity index (χ1v) is 4.92. The average Bonchev–Trinajstić information content (AvgIpc) is 2.47. The Labute approximate surface area is 92.8 Å². The molecule has 2 rings (SSSR count). The van der Waals surface area contributed by atoms with Gasteiger partial charge in [-0.05, 0) is 22.6 Å². The first-order valence-electron chi connectivity index (χ1n) is 3.46. The zero-order valence-corrected chi connectivity index (χ0v) is 9.55. The minimum absolute atomic E-state index is 0.356. The summed E-state index contributed by atoms with van der Waals surface area (Å²) in [7, 11) is 1.55. The van der Waals surface area contributed by atoms with Crippen LogP contribution in [0.1, 0.15) is 0 Å². The Balaban J connectivity index is 2.76. The molecule has 0 aromatic carbocycles. The van der Waals surface area contributed by atoms with E-state index in [1.54, 1.807) is 13.2 Å². The molecule has 2 heterocycles. The molecule has 0 atom stereocenters. The van der Waals surface area contributed by atoms with Gasteiger partial charge in [0.2, 0.25) is 0 Å². The summed E-state index contributed by atoms with van der Waals surface area (Å²) in [6.45, 7) is 0. The van der Waals surface area contributed by atoms with E-state index in [0.29, 0.717) is 10.9 Å². The van der Waals surface area contributed by atoms with Gasteiger partial charge in [0.25, 0.3) is 0 Å². The number of fused-ring (bicyclic) bond motifs is 1. The van der Waals surface area contributed by atoms with Crippen LogP contribution in [0.5, 0.6) is 5.75 Å². The summed E-state index contributed by atoms with van der Waals surface area (Å²) >= 11 is 7.96. The quantitative estimate of drug-likeness (QED) is 0.649. The van der Waals surface area contributed by atoms with Gasteiger partial charge < -0.3 is 4.74 Å². The van der Waals surface area contributed by atoms with Gasteiger partial charge in [0.05, 0.1) is 7.11 Å². The Kier molecular flexibility index (Phi) is 2.29. The highest BCUT2D eigenvalue weighted by molar-refractivity contribution is 14.1. The monoisotopic (exact) mass is 309 g/mol. The zero-order valence-electron chi connectivity index (χ0n) is 6.64. The van der Waals surface area contributed by atoms with Gasteiger partial charge in [-0.1, -0.05) is 11.6 Å². The maximum atomic E-state index is 5.85. The van der Waals surface area contributed by atoms with Crippen molar-refractivity contribution in [3.05, 3.63) is 14.9 Å². The molecule has 0 amide bonds. The van der Waals surface area contributed by atoms with E-state index >= 15 is 0 Å². The Hall–Kier alpha value is -0.560. The maximum absolute atomic E-state index is 5.85. The van der Waals surface area contributed by atoms with E-state index < -0.39 is 0 Å². The summed E-state index contributed by atoms with van der Waals surface area (Å²) in [6.07, 6.45) is 0. The van der Waals surface area contributed by atoms with Crippen LogP contribution in [0.25, 0.3) is 11.0 Å². The molecule has 1 N–H and O–H groups in total. The summed E-state index contributed by atoms with van der Waals surface area (Å²) in [5, 5.41) is 7.21. The van der Waals surface area contributed by atoms with Crippen LogP contribution in [0.2, 0.25) is 5.15 Å². The minimum Gasteiger partial charge on any atom is -0.493 e. The van der Waals surface area contributed by atoms with Gasteiger partial charge >= 0.3 is 0 Å². The smallest absolute Gasteiger partial charge is 0.171 e. The SMILES string of the molecule is COc1cc2n[nH]c(I)c2nc1Cl. The third-order valence-electron chi connectivity index (χ3n) is 1.63. The van der Waals surface area contributed by atoms with Gasteiger partial charge in [0.1, 0.15) is 14.7 Å². The van der Waals surface area contributed by atoms with Gasteiger partial charge in [-0.15, -0.1) is 0 Å². The summed E-state index contributed by atoms with van der Waals surface area (Å²) in [6, 6.07) is 1.75. The number of rotatable bonds is 1. The highest BCUT2D eigenvalue weighted by atomic mass is 127. The second-order valence-electron chi connectivity index (χ2n) is 2.39. The van der Waals surface area contributed by atoms with Gasteiger partial charge in [-0.3, -0.25) is 5.10 Å². The molecule has 0 saturated heterocycles. The van der Waals surface area contributed by atoms with Gasteiger partial charge in [-0.2, -0.15) is 5.10 Å². The van der Waals surface area contributed by atoms with Crippen LogP contribution in [0.4, 0.5) is 0 Å². The molecule has 0 aliphatic heterocycles. The van der Waals surface area contributed by atoms with Crippen LogP contribution in [0.15, 0.2) is 6.07 Å². The van der Waals surface area contributed by atoms with Crippen molar-refractivity contribution in [2.45, 2.75) is 0 Å². The lowest BCUT2D eigenvalue weighted by Crippen LogP contribution is -1.87. The number of ether oxygens (including phenoxy) is 1. The van der Waals surface area contributed by atoms with Crippen LogP contribution in [-0.4, -0.2) is 22.3 Å². The molecule has 0 spiro atoms. The molecule has 13 heavy (non-hydrogen) atoms. The molecule has 6 heteroatoms. The number of aromatic nitrogens is 3. The Morgan fingerprint density at radius 3 is 3.08 bits per heavy atom. The molecule has 2 aromatic rings. The number of hydrogen-bond donors (Lipinski definition) is 1. The Bertz CT molecular complexity index is 456. The molecule has 0 aliphatic carbocycles. The lowest BCUT2D eigenvalue weighted by atomic mass is 10.4. The molecule has 2 aromatic heterocycles. The van der Waals surface area contributed by atoms with Crippen molar-refractivity contribution in [1.29, 1.82) is 0 Å². The van der Waals surface area contributed by atoms with Crippen molar-refractivity contribution in [2.75, 3.05) is 7.11 Å². The number of aromatic amines is 1. The largest absolute Gasteiger partial charge is 0.493 e. The molecule has 68 valence electrons. The van der Waals surface area contributed by atoms with Gasteiger partial charge in [0.15, 0.2) is 10.9 Å². The van der Waals surface area contributed by atoms with E-state index in [1.165, 1.54) is 0 Å². The van der Waals surface area contributed by atoms with E-state index in [1.807, 2.05) is 0 Å². The zero-order chi connectivity index (χ0) is 9.42. The van der Waals surface area contributed by atoms with Crippen LogP contribution in [-0.2, 0) is 0 Å². The fourth-order valence-corrected chi connectivity index (χ4v) is 1.75. The Morgan fingerprint density at radius 2 is 2.38 bits per heavy atom. The number of pyridine rings is 1. The lowest BCUT2D eigenvalue weighted by Gasteiger charge is -2.00. The molecule has 0 unspecified atom stereocenters. The highest BCUT2D eigenvalue weighted by Crippen LogP contribution is 2.27. The number of nitrogens with one attached hydrogen (secondary N) is 1. The summed E-state index contributed by atoms with van der Waals surface area (Å²) in [5.41, 5.74) is 1.53. The van der Waals surface area contributed by atoms with Crippen molar-refractivity contribution in [2.24, 2.45) is 0 Å². The number of methoxy groups -OCH3 is 1. The second kappa shape index (κ2) is 3.30. The van der Waals surface area contributed by atoms with Crippen molar-refractivity contribution in [3.8, 4) is 5.75 Å². The molecule has 4 nitrogen and oxygen atoms in total. The predicted molar refractivity (Wildman–Crippen MR) is 58.2 cm³/mol. The fraction of sp³-hybridized carbons (Fsp3) is 0.143. The van der Waals surface area contributed by atoms with E-state index in [4.69, 9.17) is 16.3 Å². The molecular weight excluding hydrogens is 304 g/mol. The van der Waals surface area contributed by atoms with Crippen LogP contribution in [0, 0.1) is 3.70 Å². The average molecular weight is 309 g/mol. The first-order chi connectivity index (χ1) is 6.22. The second-order valence-corrected chi connectivity index (χ2v) is 3.82. The molecular formula is C7H5ClIN3O. The molecule has 0 saturated carbocycles. The number of halogens is 2. The van der Waals surface area contributed by atoms with Crippen molar-refractivity contribution in [1.82, 2.24) is 15.2 Å². The van der Waals surface area contributed by atoms with Crippen LogP contribution >= 0.6 is 34.2 Å². The third-order valence-corrected chi connectivity index (χ3v) is 2.65. The Morgan fingerprint density at radius 1 is 1.62 bits per heavy atom. The highest BCUT2D eigenvalue weighted by Gasteiger charge is 2.09. The molecule has 0 fully saturated rings. The van der Waals surface area contributed by atoms with E-state index in [2.05, 4.69) is 37.8 Å². The minimum atomic E-state index is 0.356. The van der Waals surface area contributed by atoms with Crippen LogP contribution in [0.3, 0.4) is 0 Å². The topological polar surface area (TPSA) is 50.8 Å². The van der Waals surface area contributed by atoms with Crippen molar-refractivity contribution < 1.29 is 4.74 Å². The number of H-pyrrole nitrogens is 1. The molecule has 0 radical (unpaired) electrons. The van der Waals surface area contributed by atoms with Gasteiger partial charge in [-0.25, -0.2) is 4.98 Å². The predicted octanol–water partition coefficient (Wildman–Crippen LogP) is 2.22. The number of nitrogens with zero attached hydrogens (tertiary/aromatic N) is 2. The fourth-order valence-electron chi connectivity index (χ4n) is 1.01. The molecule has 0 bridgehead atoms.